The van der Waals surface area contributed by atoms with Crippen LogP contribution in [0.3, 0.4) is 0 Å². The molecule has 1 fully saturated rings. The predicted molar refractivity (Wildman–Crippen MR) is 114 cm³/mol. The van der Waals surface area contributed by atoms with Crippen molar-refractivity contribution in [1.82, 2.24) is 4.90 Å². The number of hydrogen-bond donors (Lipinski definition) is 0. The summed E-state index contributed by atoms with van der Waals surface area (Å²) in [6, 6.07) is 3.52. The molecule has 30 heavy (non-hydrogen) atoms. The van der Waals surface area contributed by atoms with Gasteiger partial charge in [-0.15, -0.1) is 0 Å². The Balaban J connectivity index is 1.82. The summed E-state index contributed by atoms with van der Waals surface area (Å²) in [7, 11) is 1.56. The van der Waals surface area contributed by atoms with E-state index in [9.17, 15) is 9.59 Å². The van der Waals surface area contributed by atoms with Crippen LogP contribution in [-0.2, 0) is 14.3 Å². The van der Waals surface area contributed by atoms with E-state index in [1.807, 2.05) is 32.6 Å². The maximum absolute atomic E-state index is 13.0. The third kappa shape index (κ3) is 4.68. The Morgan fingerprint density at radius 3 is 2.53 bits per heavy atom. The molecule has 2 heterocycles. The molecule has 0 aliphatic carbocycles. The summed E-state index contributed by atoms with van der Waals surface area (Å²) < 4.78 is 22.3. The minimum atomic E-state index is -0.0171. The Labute approximate surface area is 176 Å². The number of carbonyl (C=O) groups excluding carboxylic acids is 1. The van der Waals surface area contributed by atoms with Gasteiger partial charge in [-0.05, 0) is 52.7 Å². The van der Waals surface area contributed by atoms with Crippen molar-refractivity contribution in [3.05, 3.63) is 39.2 Å². The van der Waals surface area contributed by atoms with E-state index >= 15 is 0 Å². The van der Waals surface area contributed by atoms with E-state index < -0.39 is 0 Å². The molecule has 3 rings (SSSR count). The molecule has 0 spiro atoms. The molecule has 1 saturated heterocycles. The first-order valence-corrected chi connectivity index (χ1v) is 10.4. The number of likely N-dealkylation sites (tertiary alicyclic amines) is 1. The Bertz CT molecular complexity index is 956. The second kappa shape index (κ2) is 9.62. The SMILES string of the molecule is COCOc1ccc2c(=O)c(C)c(C3CCN(C(=O)COC(C)C)CC3)oc2c1C. The molecule has 0 unspecified atom stereocenters. The topological polar surface area (TPSA) is 78.2 Å². The largest absolute Gasteiger partial charge is 0.467 e. The average Bonchev–Trinajstić information content (AvgIpc) is 2.74. The molecule has 1 aliphatic rings. The highest BCUT2D eigenvalue weighted by Gasteiger charge is 2.28. The number of fused-ring (bicyclic) bond motifs is 1. The number of amides is 1. The number of nitrogens with zero attached hydrogens (tertiary/aromatic N) is 1. The van der Waals surface area contributed by atoms with E-state index in [1.165, 1.54) is 0 Å². The van der Waals surface area contributed by atoms with Crippen LogP contribution < -0.4 is 10.2 Å². The molecule has 0 atom stereocenters. The van der Waals surface area contributed by atoms with Crippen LogP contribution in [0.2, 0.25) is 0 Å². The summed E-state index contributed by atoms with van der Waals surface area (Å²) in [6.45, 7) is 9.02. The Morgan fingerprint density at radius 2 is 1.90 bits per heavy atom. The quantitative estimate of drug-likeness (QED) is 0.642. The number of aryl methyl sites for hydroxylation is 1. The Hall–Kier alpha value is -2.38. The van der Waals surface area contributed by atoms with Crippen LogP contribution in [0.1, 0.15) is 49.5 Å². The van der Waals surface area contributed by atoms with Gasteiger partial charge in [0.25, 0.3) is 0 Å². The van der Waals surface area contributed by atoms with Crippen LogP contribution in [0, 0.1) is 13.8 Å². The van der Waals surface area contributed by atoms with Gasteiger partial charge in [-0.25, -0.2) is 0 Å². The second-order valence-corrected chi connectivity index (χ2v) is 8.05. The summed E-state index contributed by atoms with van der Waals surface area (Å²) in [6.07, 6.45) is 1.53. The number of ether oxygens (including phenoxy) is 3. The lowest BCUT2D eigenvalue weighted by Crippen LogP contribution is -2.40. The summed E-state index contributed by atoms with van der Waals surface area (Å²) in [4.78, 5) is 27.1. The molecule has 7 nitrogen and oxygen atoms in total. The third-order valence-corrected chi connectivity index (χ3v) is 5.61. The minimum Gasteiger partial charge on any atom is -0.467 e. The lowest BCUT2D eigenvalue weighted by molar-refractivity contribution is -0.138. The smallest absolute Gasteiger partial charge is 0.248 e. The van der Waals surface area contributed by atoms with Crippen molar-refractivity contribution in [2.45, 2.75) is 52.6 Å². The van der Waals surface area contributed by atoms with E-state index in [0.717, 1.165) is 18.4 Å². The van der Waals surface area contributed by atoms with Crippen molar-refractivity contribution in [3.63, 3.8) is 0 Å². The second-order valence-electron chi connectivity index (χ2n) is 8.05. The molecule has 0 saturated carbocycles. The van der Waals surface area contributed by atoms with Gasteiger partial charge in [-0.3, -0.25) is 9.59 Å². The molecule has 1 aliphatic heterocycles. The third-order valence-electron chi connectivity index (χ3n) is 5.61. The van der Waals surface area contributed by atoms with E-state index in [-0.39, 0.29) is 36.8 Å². The van der Waals surface area contributed by atoms with E-state index in [4.69, 9.17) is 18.6 Å². The van der Waals surface area contributed by atoms with E-state index in [2.05, 4.69) is 0 Å². The van der Waals surface area contributed by atoms with E-state index in [1.54, 1.807) is 19.2 Å². The fourth-order valence-electron chi connectivity index (χ4n) is 3.87. The number of piperidine rings is 1. The maximum atomic E-state index is 13.0. The number of rotatable bonds is 7. The highest BCUT2D eigenvalue weighted by Crippen LogP contribution is 2.34. The monoisotopic (exact) mass is 417 g/mol. The first-order chi connectivity index (χ1) is 14.3. The normalized spacial score (nSPS) is 15.2. The summed E-state index contributed by atoms with van der Waals surface area (Å²) in [5.41, 5.74) is 1.95. The standard InChI is InChI=1S/C23H31NO6/c1-14(2)28-12-20(25)24-10-8-17(9-11-24)22-16(4)21(26)18-6-7-19(29-13-27-5)15(3)23(18)30-22/h6-7,14,17H,8-13H2,1-5H3. The van der Waals surface area contributed by atoms with Gasteiger partial charge in [0.2, 0.25) is 5.91 Å². The van der Waals surface area contributed by atoms with Gasteiger partial charge in [0.05, 0.1) is 11.5 Å². The Morgan fingerprint density at radius 1 is 1.20 bits per heavy atom. The first-order valence-electron chi connectivity index (χ1n) is 10.4. The van der Waals surface area contributed by atoms with E-state index in [0.29, 0.717) is 41.1 Å². The number of benzene rings is 1. The summed E-state index contributed by atoms with van der Waals surface area (Å²) in [5.74, 6) is 1.45. The lowest BCUT2D eigenvalue weighted by atomic mass is 9.91. The van der Waals surface area contributed by atoms with Crippen LogP contribution in [0.4, 0.5) is 0 Å². The van der Waals surface area contributed by atoms with Crippen LogP contribution in [0.5, 0.6) is 5.75 Å². The van der Waals surface area contributed by atoms with Gasteiger partial charge in [0, 0.05) is 37.2 Å². The first kappa shape index (κ1) is 22.3. The molecule has 2 aromatic rings. The zero-order chi connectivity index (χ0) is 21.8. The van der Waals surface area contributed by atoms with Gasteiger partial charge in [0.15, 0.2) is 12.2 Å². The average molecular weight is 418 g/mol. The summed E-state index contributed by atoms with van der Waals surface area (Å²) >= 11 is 0. The fourth-order valence-corrected chi connectivity index (χ4v) is 3.87. The lowest BCUT2D eigenvalue weighted by Gasteiger charge is -2.32. The van der Waals surface area contributed by atoms with Crippen molar-refractivity contribution in [1.29, 1.82) is 0 Å². The molecule has 0 N–H and O–H groups in total. The van der Waals surface area contributed by atoms with Crippen LogP contribution >= 0.6 is 0 Å². The molecule has 7 heteroatoms. The predicted octanol–water partition coefficient (Wildman–Crippen LogP) is 3.52. The van der Waals surface area contributed by atoms with Gasteiger partial charge in [-0.2, -0.15) is 0 Å². The number of carbonyl (C=O) groups is 1. The molecular formula is C23H31NO6. The van der Waals surface area contributed by atoms with Gasteiger partial charge >= 0.3 is 0 Å². The maximum Gasteiger partial charge on any atom is 0.248 e. The highest BCUT2D eigenvalue weighted by molar-refractivity contribution is 5.82. The van der Waals surface area contributed by atoms with Crippen LogP contribution in [0.25, 0.3) is 11.0 Å². The molecule has 1 aromatic heterocycles. The van der Waals surface area contributed by atoms with Crippen LogP contribution in [-0.4, -0.2) is 50.5 Å². The zero-order valence-corrected chi connectivity index (χ0v) is 18.4. The molecule has 164 valence electrons. The molecule has 1 aromatic carbocycles. The Kier molecular flexibility index (Phi) is 7.15. The zero-order valence-electron chi connectivity index (χ0n) is 18.4. The molecule has 0 radical (unpaired) electrons. The number of methoxy groups -OCH3 is 1. The molecule has 0 bridgehead atoms. The molecule has 1 amide bonds. The van der Waals surface area contributed by atoms with Gasteiger partial charge < -0.3 is 23.5 Å². The minimum absolute atomic E-state index is 0.00890. The van der Waals surface area contributed by atoms with Crippen molar-refractivity contribution < 1.29 is 23.4 Å². The molecular weight excluding hydrogens is 386 g/mol. The van der Waals surface area contributed by atoms with Gasteiger partial charge in [-0.1, -0.05) is 0 Å². The number of hydrogen-bond acceptors (Lipinski definition) is 6. The van der Waals surface area contributed by atoms with Crippen molar-refractivity contribution in [2.75, 3.05) is 33.6 Å². The fraction of sp³-hybridized carbons (Fsp3) is 0.565. The van der Waals surface area contributed by atoms with Crippen molar-refractivity contribution in [3.8, 4) is 5.75 Å². The van der Waals surface area contributed by atoms with Crippen LogP contribution in [0.15, 0.2) is 21.3 Å². The highest BCUT2D eigenvalue weighted by atomic mass is 16.7. The van der Waals surface area contributed by atoms with Crippen molar-refractivity contribution >= 4 is 16.9 Å². The summed E-state index contributed by atoms with van der Waals surface area (Å²) in [5, 5.41) is 0.553. The van der Waals surface area contributed by atoms with Crippen molar-refractivity contribution in [2.24, 2.45) is 0 Å². The van der Waals surface area contributed by atoms with Gasteiger partial charge in [0.1, 0.15) is 23.7 Å².